The van der Waals surface area contributed by atoms with Crippen molar-refractivity contribution in [3.05, 3.63) is 31.9 Å². The van der Waals surface area contributed by atoms with Crippen molar-refractivity contribution in [1.82, 2.24) is 4.90 Å². The van der Waals surface area contributed by atoms with Crippen molar-refractivity contribution >= 4 is 34.0 Å². The maximum absolute atomic E-state index is 10.8. The summed E-state index contributed by atoms with van der Waals surface area (Å²) in [5.41, 5.74) is 1.25. The highest BCUT2D eigenvalue weighted by Crippen LogP contribution is 2.28. The molecular weight excluding hydrogens is 357 g/mol. The van der Waals surface area contributed by atoms with Crippen LogP contribution in [0.5, 0.6) is 0 Å². The molecule has 1 saturated heterocycles. The molecule has 1 aliphatic heterocycles. The highest BCUT2D eigenvalue weighted by Gasteiger charge is 2.27. The number of nitro groups is 1. The second-order valence-electron chi connectivity index (χ2n) is 5.16. The molecule has 1 aliphatic rings. The lowest BCUT2D eigenvalue weighted by molar-refractivity contribution is -0.385. The van der Waals surface area contributed by atoms with Crippen LogP contribution in [0, 0.1) is 13.7 Å². The zero-order chi connectivity index (χ0) is 14.2. The molecule has 1 heterocycles. The third-order valence-corrected chi connectivity index (χ3v) is 4.72. The first-order valence-electron chi connectivity index (χ1n) is 6.31. The number of piperazine rings is 1. The number of hydrogen-bond donors (Lipinski definition) is 0. The lowest BCUT2D eigenvalue weighted by atomic mass is 10.1. The van der Waals surface area contributed by atoms with E-state index in [-0.39, 0.29) is 10.6 Å². The van der Waals surface area contributed by atoms with Gasteiger partial charge in [0.15, 0.2) is 0 Å². The molecule has 0 spiro atoms. The Morgan fingerprint density at radius 1 is 1.32 bits per heavy atom. The van der Waals surface area contributed by atoms with E-state index in [1.165, 1.54) is 0 Å². The maximum Gasteiger partial charge on any atom is 0.282 e. The average Bonchev–Trinajstić information content (AvgIpc) is 2.34. The van der Waals surface area contributed by atoms with E-state index < -0.39 is 0 Å². The molecule has 104 valence electrons. The quantitative estimate of drug-likeness (QED) is 0.453. The van der Waals surface area contributed by atoms with Crippen LogP contribution < -0.4 is 4.90 Å². The van der Waals surface area contributed by atoms with Crippen molar-refractivity contribution in [2.24, 2.45) is 0 Å². The van der Waals surface area contributed by atoms with Gasteiger partial charge >= 0.3 is 0 Å². The first kappa shape index (κ1) is 14.5. The Bertz CT molecular complexity index is 483. The number of halogens is 1. The van der Waals surface area contributed by atoms with Gasteiger partial charge in [-0.2, -0.15) is 0 Å². The van der Waals surface area contributed by atoms with Gasteiger partial charge in [0, 0.05) is 36.9 Å². The molecule has 0 saturated carbocycles. The fourth-order valence-electron chi connectivity index (χ4n) is 2.46. The van der Waals surface area contributed by atoms with E-state index in [0.29, 0.717) is 15.7 Å². The summed E-state index contributed by atoms with van der Waals surface area (Å²) in [5.74, 6) is 0. The van der Waals surface area contributed by atoms with E-state index in [1.54, 1.807) is 6.07 Å². The van der Waals surface area contributed by atoms with Crippen LogP contribution >= 0.6 is 22.6 Å². The predicted molar refractivity (Wildman–Crippen MR) is 84.7 cm³/mol. The van der Waals surface area contributed by atoms with Crippen molar-refractivity contribution in [3.8, 4) is 0 Å². The first-order valence-corrected chi connectivity index (χ1v) is 7.39. The van der Waals surface area contributed by atoms with Gasteiger partial charge in [-0.15, -0.1) is 0 Å². The Morgan fingerprint density at radius 3 is 2.37 bits per heavy atom. The zero-order valence-electron chi connectivity index (χ0n) is 11.3. The number of likely N-dealkylation sites (N-methyl/N-ethyl adjacent to an activating group) is 1. The van der Waals surface area contributed by atoms with Crippen molar-refractivity contribution in [3.63, 3.8) is 0 Å². The summed E-state index contributed by atoms with van der Waals surface area (Å²) in [4.78, 5) is 15.2. The highest BCUT2D eigenvalue weighted by atomic mass is 127. The lowest BCUT2D eigenvalue weighted by Gasteiger charge is -2.43. The van der Waals surface area contributed by atoms with Gasteiger partial charge in [0.1, 0.15) is 0 Å². The second kappa shape index (κ2) is 5.62. The minimum Gasteiger partial charge on any atom is -0.368 e. The van der Waals surface area contributed by atoms with Gasteiger partial charge < -0.3 is 4.90 Å². The number of hydrogen-bond acceptors (Lipinski definition) is 4. The van der Waals surface area contributed by atoms with Crippen LogP contribution in [0.25, 0.3) is 0 Å². The molecule has 0 amide bonds. The Balaban J connectivity index is 2.23. The number of rotatable bonds is 2. The smallest absolute Gasteiger partial charge is 0.282 e. The molecule has 0 aromatic heterocycles. The van der Waals surface area contributed by atoms with Gasteiger partial charge in [-0.1, -0.05) is 0 Å². The summed E-state index contributed by atoms with van der Waals surface area (Å²) < 4.78 is 0.694. The van der Waals surface area contributed by atoms with Crippen LogP contribution in [0.1, 0.15) is 13.8 Å². The fraction of sp³-hybridized carbons (Fsp3) is 0.538. The molecule has 1 aromatic carbocycles. The van der Waals surface area contributed by atoms with Crippen LogP contribution in [0.3, 0.4) is 0 Å². The van der Waals surface area contributed by atoms with Crippen molar-refractivity contribution in [2.45, 2.75) is 25.9 Å². The van der Waals surface area contributed by atoms with E-state index in [4.69, 9.17) is 0 Å². The summed E-state index contributed by atoms with van der Waals surface area (Å²) in [6.45, 7) is 6.32. The zero-order valence-corrected chi connectivity index (χ0v) is 13.5. The SMILES string of the molecule is CC1CN(c2ccc([N+](=O)[O-])c(I)c2)CC(C)N1C. The number of benzene rings is 1. The largest absolute Gasteiger partial charge is 0.368 e. The van der Waals surface area contributed by atoms with Crippen LogP contribution in [0.15, 0.2) is 18.2 Å². The van der Waals surface area contributed by atoms with Gasteiger partial charge in [0.25, 0.3) is 5.69 Å². The van der Waals surface area contributed by atoms with Gasteiger partial charge in [0.2, 0.25) is 0 Å². The Morgan fingerprint density at radius 2 is 1.89 bits per heavy atom. The summed E-state index contributed by atoms with van der Waals surface area (Å²) in [5, 5.41) is 10.8. The second-order valence-corrected chi connectivity index (χ2v) is 6.32. The molecule has 0 bridgehead atoms. The molecule has 0 aliphatic carbocycles. The molecule has 6 heteroatoms. The van der Waals surface area contributed by atoms with E-state index in [2.05, 4.69) is 30.7 Å². The first-order chi connectivity index (χ1) is 8.90. The van der Waals surface area contributed by atoms with Gasteiger partial charge in [-0.25, -0.2) is 0 Å². The molecule has 0 N–H and O–H groups in total. The molecule has 2 atom stereocenters. The Hall–Kier alpha value is -0.890. The van der Waals surface area contributed by atoms with Crippen LogP contribution in [0.2, 0.25) is 0 Å². The van der Waals surface area contributed by atoms with Crippen molar-refractivity contribution < 1.29 is 4.92 Å². The van der Waals surface area contributed by atoms with E-state index in [9.17, 15) is 10.1 Å². The number of nitrogens with zero attached hydrogens (tertiary/aromatic N) is 3. The Labute approximate surface area is 126 Å². The topological polar surface area (TPSA) is 49.6 Å². The molecule has 0 radical (unpaired) electrons. The fourth-order valence-corrected chi connectivity index (χ4v) is 3.15. The lowest BCUT2D eigenvalue weighted by Crippen LogP contribution is -2.55. The molecule has 1 aromatic rings. The van der Waals surface area contributed by atoms with E-state index >= 15 is 0 Å². The van der Waals surface area contributed by atoms with Crippen LogP contribution in [-0.4, -0.2) is 42.0 Å². The number of nitro benzene ring substituents is 1. The Kier molecular flexibility index (Phi) is 4.29. The summed E-state index contributed by atoms with van der Waals surface area (Å²) in [7, 11) is 2.15. The van der Waals surface area contributed by atoms with Crippen molar-refractivity contribution in [1.29, 1.82) is 0 Å². The average molecular weight is 375 g/mol. The monoisotopic (exact) mass is 375 g/mol. The summed E-state index contributed by atoms with van der Waals surface area (Å²) in [6.07, 6.45) is 0. The normalized spacial score (nSPS) is 24.5. The standard InChI is InChI=1S/C13H18IN3O2/c1-9-7-16(8-10(2)15(9)3)11-4-5-13(17(18)19)12(14)6-11/h4-6,9-10H,7-8H2,1-3H3. The molecule has 2 unspecified atom stereocenters. The highest BCUT2D eigenvalue weighted by molar-refractivity contribution is 14.1. The van der Waals surface area contributed by atoms with E-state index in [1.807, 2.05) is 34.7 Å². The van der Waals surface area contributed by atoms with Gasteiger partial charge in [-0.3, -0.25) is 15.0 Å². The summed E-state index contributed by atoms with van der Waals surface area (Å²) in [6, 6.07) is 6.33. The minimum absolute atomic E-state index is 0.180. The maximum atomic E-state index is 10.8. The molecule has 19 heavy (non-hydrogen) atoms. The number of anilines is 1. The third-order valence-electron chi connectivity index (χ3n) is 3.85. The minimum atomic E-state index is -0.333. The molecule has 2 rings (SSSR count). The van der Waals surface area contributed by atoms with E-state index in [0.717, 1.165) is 18.8 Å². The molecule has 5 nitrogen and oxygen atoms in total. The van der Waals surface area contributed by atoms with Crippen LogP contribution in [-0.2, 0) is 0 Å². The van der Waals surface area contributed by atoms with Crippen LogP contribution in [0.4, 0.5) is 11.4 Å². The van der Waals surface area contributed by atoms with Crippen molar-refractivity contribution in [2.75, 3.05) is 25.0 Å². The predicted octanol–water partition coefficient (Wildman–Crippen LogP) is 2.73. The van der Waals surface area contributed by atoms with Gasteiger partial charge in [0.05, 0.1) is 8.49 Å². The molecule has 1 fully saturated rings. The summed E-state index contributed by atoms with van der Waals surface area (Å²) >= 11 is 2.03. The molecular formula is C13H18IN3O2. The van der Waals surface area contributed by atoms with Gasteiger partial charge in [-0.05, 0) is 55.6 Å². The third kappa shape index (κ3) is 3.00.